The summed E-state index contributed by atoms with van der Waals surface area (Å²) in [7, 11) is 0.133. The summed E-state index contributed by atoms with van der Waals surface area (Å²) in [6.07, 6.45) is 0. The number of hydrogen-bond acceptors (Lipinski definition) is 3. The van der Waals surface area contributed by atoms with E-state index in [1.54, 1.807) is 24.3 Å². The quantitative estimate of drug-likeness (QED) is 0.880. The average Bonchev–Trinajstić information content (AvgIpc) is 2.43. The molecule has 0 aliphatic rings. The minimum atomic E-state index is -1.39. The van der Waals surface area contributed by atoms with Crippen molar-refractivity contribution in [3.05, 3.63) is 52.8 Å². The highest BCUT2D eigenvalue weighted by atomic mass is 35.5. The van der Waals surface area contributed by atoms with Gasteiger partial charge in [-0.2, -0.15) is 0 Å². The van der Waals surface area contributed by atoms with Crippen LogP contribution >= 0.6 is 11.6 Å². The van der Waals surface area contributed by atoms with Crippen molar-refractivity contribution < 1.29 is 13.3 Å². The molecule has 0 spiro atoms. The first-order valence-corrected chi connectivity index (χ1v) is 7.46. The number of hydrogen-bond donors (Lipinski definition) is 1. The lowest BCUT2D eigenvalue weighted by atomic mass is 10.2. The molecule has 106 valence electrons. The zero-order valence-electron chi connectivity index (χ0n) is 10.7. The predicted octanol–water partition coefficient (Wildman–Crippen LogP) is 3.38. The maximum Gasteiger partial charge on any atom is 0.142 e. The van der Waals surface area contributed by atoms with E-state index in [0.717, 1.165) is 0 Å². The highest BCUT2D eigenvalue weighted by molar-refractivity contribution is 7.84. The van der Waals surface area contributed by atoms with Crippen LogP contribution in [0, 0.1) is 5.82 Å². The molecule has 1 atom stereocenters. The lowest BCUT2D eigenvalue weighted by Crippen LogP contribution is -2.02. The van der Waals surface area contributed by atoms with Crippen LogP contribution in [0.25, 0.3) is 0 Å². The zero-order chi connectivity index (χ0) is 14.7. The summed E-state index contributed by atoms with van der Waals surface area (Å²) in [6, 6.07) is 9.30. The molecule has 1 unspecified atom stereocenters. The van der Waals surface area contributed by atoms with Crippen LogP contribution < -0.4 is 10.5 Å². The number of anilines is 1. The zero-order valence-corrected chi connectivity index (χ0v) is 12.3. The fraction of sp³-hybridized carbons (Fsp3) is 0.143. The molecule has 3 nitrogen and oxygen atoms in total. The van der Waals surface area contributed by atoms with Crippen molar-refractivity contribution in [2.24, 2.45) is 0 Å². The molecular weight excluding hydrogens is 301 g/mol. The third-order valence-electron chi connectivity index (χ3n) is 2.75. The van der Waals surface area contributed by atoms with E-state index >= 15 is 0 Å². The first-order valence-electron chi connectivity index (χ1n) is 5.77. The number of nitrogens with two attached hydrogens (primary N) is 1. The second kappa shape index (κ2) is 6.24. The fourth-order valence-corrected chi connectivity index (χ4v) is 3.03. The summed E-state index contributed by atoms with van der Waals surface area (Å²) < 4.78 is 30.8. The largest absolute Gasteiger partial charge is 0.497 e. The highest BCUT2D eigenvalue weighted by Crippen LogP contribution is 2.25. The van der Waals surface area contributed by atoms with Crippen molar-refractivity contribution in [1.82, 2.24) is 0 Å². The molecule has 6 heteroatoms. The number of rotatable bonds is 4. The van der Waals surface area contributed by atoms with E-state index in [0.29, 0.717) is 21.9 Å². The number of benzene rings is 2. The van der Waals surface area contributed by atoms with Gasteiger partial charge in [0.05, 0.1) is 33.6 Å². The Morgan fingerprint density at radius 3 is 2.70 bits per heavy atom. The molecule has 20 heavy (non-hydrogen) atoms. The summed E-state index contributed by atoms with van der Waals surface area (Å²) in [4.78, 5) is 0.472. The van der Waals surface area contributed by atoms with Gasteiger partial charge in [-0.15, -0.1) is 0 Å². The van der Waals surface area contributed by atoms with E-state index in [9.17, 15) is 8.60 Å². The van der Waals surface area contributed by atoms with Gasteiger partial charge in [0.15, 0.2) is 0 Å². The van der Waals surface area contributed by atoms with E-state index in [1.165, 1.54) is 19.2 Å². The van der Waals surface area contributed by atoms with Crippen molar-refractivity contribution in [2.75, 3.05) is 12.8 Å². The summed E-state index contributed by atoms with van der Waals surface area (Å²) >= 11 is 5.61. The number of methoxy groups -OCH3 is 1. The molecule has 0 aliphatic heterocycles. The minimum Gasteiger partial charge on any atom is -0.497 e. The number of ether oxygens (including phenoxy) is 1. The van der Waals surface area contributed by atoms with Crippen LogP contribution in [0.1, 0.15) is 5.56 Å². The standard InChI is InChI=1S/C14H13ClFNO2S/c1-19-10-3-5-13(17)14(7-10)20(18)8-9-2-4-11(15)12(16)6-9/h2-7H,8,17H2,1H3. The summed E-state index contributed by atoms with van der Waals surface area (Å²) in [5.41, 5.74) is 6.81. The smallest absolute Gasteiger partial charge is 0.142 e. The summed E-state index contributed by atoms with van der Waals surface area (Å²) in [5, 5.41) is 0.0421. The van der Waals surface area contributed by atoms with Crippen LogP contribution in [0.2, 0.25) is 5.02 Å². The molecule has 0 bridgehead atoms. The van der Waals surface area contributed by atoms with Crippen LogP contribution in [-0.4, -0.2) is 11.3 Å². The Hall–Kier alpha value is -1.59. The third-order valence-corrected chi connectivity index (χ3v) is 4.49. The topological polar surface area (TPSA) is 52.3 Å². The second-order valence-electron chi connectivity index (χ2n) is 4.14. The van der Waals surface area contributed by atoms with Gasteiger partial charge in [-0.3, -0.25) is 4.21 Å². The van der Waals surface area contributed by atoms with E-state index < -0.39 is 16.6 Å². The van der Waals surface area contributed by atoms with Crippen LogP contribution in [0.4, 0.5) is 10.1 Å². The maximum atomic E-state index is 13.4. The van der Waals surface area contributed by atoms with Crippen molar-refractivity contribution in [3.8, 4) is 5.75 Å². The second-order valence-corrected chi connectivity index (χ2v) is 5.97. The number of halogens is 2. The van der Waals surface area contributed by atoms with Crippen LogP contribution in [0.5, 0.6) is 5.75 Å². The van der Waals surface area contributed by atoms with Crippen LogP contribution in [0.15, 0.2) is 41.3 Å². The van der Waals surface area contributed by atoms with E-state index in [2.05, 4.69) is 0 Å². The molecule has 0 aliphatic carbocycles. The maximum absolute atomic E-state index is 13.4. The molecule has 0 amide bonds. The molecule has 0 saturated carbocycles. The monoisotopic (exact) mass is 313 g/mol. The van der Waals surface area contributed by atoms with E-state index in [-0.39, 0.29) is 10.8 Å². The van der Waals surface area contributed by atoms with Crippen LogP contribution in [0.3, 0.4) is 0 Å². The molecule has 0 fully saturated rings. The molecular formula is C14H13ClFNO2S. The molecule has 2 aromatic rings. The molecule has 2 aromatic carbocycles. The molecule has 2 rings (SSSR count). The average molecular weight is 314 g/mol. The normalized spacial score (nSPS) is 12.2. The lowest BCUT2D eigenvalue weighted by Gasteiger charge is -2.08. The van der Waals surface area contributed by atoms with E-state index in [1.807, 2.05) is 0 Å². The van der Waals surface area contributed by atoms with Crippen molar-refractivity contribution >= 4 is 28.1 Å². The Labute approximate surface area is 124 Å². The van der Waals surface area contributed by atoms with Gasteiger partial charge in [0.25, 0.3) is 0 Å². The predicted molar refractivity (Wildman–Crippen MR) is 78.9 cm³/mol. The molecule has 0 radical (unpaired) electrons. The Morgan fingerprint density at radius 2 is 2.05 bits per heavy atom. The summed E-state index contributed by atoms with van der Waals surface area (Å²) in [5.74, 6) is 0.204. The van der Waals surface area contributed by atoms with E-state index in [4.69, 9.17) is 22.1 Å². The Bertz CT molecular complexity index is 664. The van der Waals surface area contributed by atoms with Crippen molar-refractivity contribution in [3.63, 3.8) is 0 Å². The van der Waals surface area contributed by atoms with Gasteiger partial charge >= 0.3 is 0 Å². The number of nitrogen functional groups attached to an aromatic ring is 1. The molecule has 2 N–H and O–H groups in total. The van der Waals surface area contributed by atoms with Crippen molar-refractivity contribution in [2.45, 2.75) is 10.6 Å². The first-order chi connectivity index (χ1) is 9.51. The fourth-order valence-electron chi connectivity index (χ4n) is 1.70. The minimum absolute atomic E-state index is 0.0421. The Balaban J connectivity index is 2.25. The highest BCUT2D eigenvalue weighted by Gasteiger charge is 2.11. The molecule has 0 saturated heterocycles. The van der Waals surface area contributed by atoms with Gasteiger partial charge in [-0.05, 0) is 35.9 Å². The molecule has 0 aromatic heterocycles. The van der Waals surface area contributed by atoms with Gasteiger partial charge in [-0.1, -0.05) is 17.7 Å². The SMILES string of the molecule is COc1ccc(N)c(S(=O)Cc2ccc(Cl)c(F)c2)c1. The van der Waals surface area contributed by atoms with Gasteiger partial charge in [0.2, 0.25) is 0 Å². The van der Waals surface area contributed by atoms with Gasteiger partial charge in [0, 0.05) is 5.69 Å². The third kappa shape index (κ3) is 3.29. The van der Waals surface area contributed by atoms with Gasteiger partial charge in [-0.25, -0.2) is 4.39 Å². The first kappa shape index (κ1) is 14.8. The Kier molecular flexibility index (Phi) is 4.62. The van der Waals surface area contributed by atoms with Gasteiger partial charge in [0.1, 0.15) is 11.6 Å². The lowest BCUT2D eigenvalue weighted by molar-refractivity contribution is 0.413. The van der Waals surface area contributed by atoms with Crippen molar-refractivity contribution in [1.29, 1.82) is 0 Å². The summed E-state index contributed by atoms with van der Waals surface area (Å²) in [6.45, 7) is 0. The van der Waals surface area contributed by atoms with Gasteiger partial charge < -0.3 is 10.5 Å². The van der Waals surface area contributed by atoms with Crippen LogP contribution in [-0.2, 0) is 16.6 Å². The molecule has 0 heterocycles. The Morgan fingerprint density at radius 1 is 1.30 bits per heavy atom.